The lowest BCUT2D eigenvalue weighted by Crippen LogP contribution is -2.83. The van der Waals surface area contributed by atoms with Crippen LogP contribution in [0, 0.1) is 0 Å². The molecule has 0 saturated heterocycles. The van der Waals surface area contributed by atoms with Gasteiger partial charge in [-0.1, -0.05) is 89.3 Å². The third kappa shape index (κ3) is 5.31. The molecule has 0 fully saturated rings. The highest BCUT2D eigenvalue weighted by molar-refractivity contribution is 7.87. The Morgan fingerprint density at radius 2 is 1.27 bits per heavy atom. The van der Waals surface area contributed by atoms with Gasteiger partial charge in [-0.25, -0.2) is 0 Å². The zero-order valence-electron chi connectivity index (χ0n) is 18.6. The van der Waals surface area contributed by atoms with Crippen molar-refractivity contribution >= 4 is 29.6 Å². The predicted octanol–water partition coefficient (Wildman–Crippen LogP) is 5.97. The first-order chi connectivity index (χ1) is 11.8. The number of hydrogen-bond donors (Lipinski definition) is 0. The summed E-state index contributed by atoms with van der Waals surface area (Å²) in [5.41, 5.74) is 1.30. The zero-order valence-corrected chi connectivity index (χ0v) is 22.6. The molecule has 0 aliphatic rings. The highest BCUT2D eigenvalue weighted by Crippen LogP contribution is 2.38. The summed E-state index contributed by atoms with van der Waals surface area (Å²) in [7, 11) is -2.46. The molecule has 1 rings (SSSR count). The molecule has 1 aromatic rings. The van der Waals surface area contributed by atoms with Crippen LogP contribution in [0.15, 0.2) is 42.7 Å². The number of benzene rings is 1. The lowest BCUT2D eigenvalue weighted by atomic mass is 10.1. The minimum absolute atomic E-state index is 0.0639. The Morgan fingerprint density at radius 1 is 0.808 bits per heavy atom. The first-order valence-corrected chi connectivity index (χ1v) is 25.1. The second-order valence-corrected chi connectivity index (χ2v) is 49.8. The number of rotatable bonds is 9. The van der Waals surface area contributed by atoms with Gasteiger partial charge in [0.25, 0.3) is 0 Å². The molecule has 0 radical (unpaired) electrons. The largest absolute Gasteiger partial charge is 0.557 e. The molecule has 0 spiro atoms. The third-order valence-corrected chi connectivity index (χ3v) is 72.7. The minimum atomic E-state index is -1.80. The van der Waals surface area contributed by atoms with Gasteiger partial charge < -0.3 is 9.16 Å². The van der Waals surface area contributed by atoms with Gasteiger partial charge in [0.1, 0.15) is 0 Å². The SMILES string of the molecule is COC(/C=C\O[Si]([Si](C)(C)C)([Si](C)(C)C)[Si](C)(C)C)Cc1ccccc1. The maximum Gasteiger partial charge on any atom is 0.205 e. The van der Waals surface area contributed by atoms with Crippen molar-refractivity contribution in [2.75, 3.05) is 7.11 Å². The van der Waals surface area contributed by atoms with E-state index < -0.39 is 29.6 Å². The summed E-state index contributed by atoms with van der Waals surface area (Å²) in [6.45, 7) is 21.1. The van der Waals surface area contributed by atoms with E-state index in [4.69, 9.17) is 9.16 Å². The van der Waals surface area contributed by atoms with Crippen LogP contribution < -0.4 is 0 Å². The minimum Gasteiger partial charge on any atom is -0.557 e. The van der Waals surface area contributed by atoms with Gasteiger partial charge in [-0.3, -0.25) is 0 Å². The molecule has 0 saturated carbocycles. The van der Waals surface area contributed by atoms with Crippen LogP contribution >= 0.6 is 0 Å². The second kappa shape index (κ2) is 8.73. The Balaban J connectivity index is 3.10. The van der Waals surface area contributed by atoms with E-state index in [2.05, 4.69) is 95.3 Å². The molecule has 1 aromatic carbocycles. The molecule has 0 aliphatic carbocycles. The molecule has 0 heterocycles. The van der Waals surface area contributed by atoms with Gasteiger partial charge in [0.15, 0.2) is 0 Å². The molecule has 1 unspecified atom stereocenters. The van der Waals surface area contributed by atoms with Crippen LogP contribution in [0.1, 0.15) is 5.56 Å². The Labute approximate surface area is 165 Å². The summed E-state index contributed by atoms with van der Waals surface area (Å²) in [6.07, 6.45) is 5.14. The van der Waals surface area contributed by atoms with Crippen molar-refractivity contribution in [2.45, 2.75) is 71.4 Å². The summed E-state index contributed by atoms with van der Waals surface area (Å²) in [4.78, 5) is 0. The molecule has 26 heavy (non-hydrogen) atoms. The van der Waals surface area contributed by atoms with Gasteiger partial charge in [-0.2, -0.15) is 0 Å². The molecule has 0 aliphatic heterocycles. The van der Waals surface area contributed by atoms with Crippen molar-refractivity contribution in [1.82, 2.24) is 0 Å². The van der Waals surface area contributed by atoms with Crippen LogP contribution in [0.25, 0.3) is 0 Å². The Hall–Kier alpha value is -0.412. The van der Waals surface area contributed by atoms with Crippen LogP contribution in [-0.4, -0.2) is 42.9 Å². The number of hydrogen-bond acceptors (Lipinski definition) is 2. The summed E-state index contributed by atoms with van der Waals surface area (Å²) in [6, 6.07) is 10.5. The van der Waals surface area contributed by atoms with Crippen LogP contribution in [0.5, 0.6) is 0 Å². The fourth-order valence-electron chi connectivity index (χ4n) is 5.21. The van der Waals surface area contributed by atoms with Crippen molar-refractivity contribution in [3.8, 4) is 0 Å². The van der Waals surface area contributed by atoms with E-state index in [0.29, 0.717) is 0 Å². The van der Waals surface area contributed by atoms with E-state index in [1.807, 2.05) is 6.26 Å². The topological polar surface area (TPSA) is 18.5 Å². The third-order valence-electron chi connectivity index (χ3n) is 5.29. The molecule has 0 bridgehead atoms. The van der Waals surface area contributed by atoms with Crippen LogP contribution in [0.4, 0.5) is 0 Å². The Morgan fingerprint density at radius 3 is 1.65 bits per heavy atom. The van der Waals surface area contributed by atoms with E-state index in [-0.39, 0.29) is 6.10 Å². The highest BCUT2D eigenvalue weighted by Gasteiger charge is 2.64. The predicted molar refractivity (Wildman–Crippen MR) is 127 cm³/mol. The van der Waals surface area contributed by atoms with E-state index >= 15 is 0 Å². The van der Waals surface area contributed by atoms with Crippen molar-refractivity contribution in [3.05, 3.63) is 48.2 Å². The summed E-state index contributed by atoms with van der Waals surface area (Å²) in [5, 5.41) is 0. The van der Waals surface area contributed by atoms with E-state index in [0.717, 1.165) is 6.42 Å². The molecule has 0 N–H and O–H groups in total. The Kier molecular flexibility index (Phi) is 7.93. The van der Waals surface area contributed by atoms with Gasteiger partial charge in [-0.15, -0.1) is 0 Å². The van der Waals surface area contributed by atoms with Crippen LogP contribution in [0.3, 0.4) is 0 Å². The van der Waals surface area contributed by atoms with Gasteiger partial charge in [0, 0.05) is 13.5 Å². The molecular weight excluding hydrogens is 385 g/mol. The average molecular weight is 425 g/mol. The molecule has 2 nitrogen and oxygen atoms in total. The molecule has 6 heteroatoms. The molecule has 0 amide bonds. The summed E-state index contributed by atoms with van der Waals surface area (Å²) in [5.74, 6) is 0. The van der Waals surface area contributed by atoms with E-state index in [1.54, 1.807) is 7.11 Å². The second-order valence-electron chi connectivity index (χ2n) is 10.3. The van der Waals surface area contributed by atoms with Gasteiger partial charge in [0.05, 0.1) is 35.1 Å². The maximum atomic E-state index is 6.96. The zero-order chi connectivity index (χ0) is 20.2. The van der Waals surface area contributed by atoms with Crippen molar-refractivity contribution in [3.63, 3.8) is 0 Å². The van der Waals surface area contributed by atoms with Gasteiger partial charge in [-0.05, 0) is 11.6 Å². The lowest BCUT2D eigenvalue weighted by Gasteiger charge is -2.55. The Bertz CT molecular complexity index is 545. The lowest BCUT2D eigenvalue weighted by molar-refractivity contribution is 0.140. The number of ether oxygens (including phenoxy) is 1. The van der Waals surface area contributed by atoms with E-state index in [1.165, 1.54) is 5.56 Å². The van der Waals surface area contributed by atoms with Crippen molar-refractivity contribution in [1.29, 1.82) is 0 Å². The quantitative estimate of drug-likeness (QED) is 0.359. The molecule has 148 valence electrons. The van der Waals surface area contributed by atoms with Gasteiger partial charge >= 0.3 is 0 Å². The smallest absolute Gasteiger partial charge is 0.205 e. The average Bonchev–Trinajstić information content (AvgIpc) is 2.47. The van der Waals surface area contributed by atoms with Crippen molar-refractivity contribution < 1.29 is 9.16 Å². The highest BCUT2D eigenvalue weighted by atomic mass is 29.9. The monoisotopic (exact) mass is 424 g/mol. The molecular formula is C20H40O2Si4. The summed E-state index contributed by atoms with van der Waals surface area (Å²) >= 11 is 0. The number of methoxy groups -OCH3 is 1. The standard InChI is InChI=1S/C20H40O2Si4/c1-21-20(18-19-14-12-11-13-15-19)16-17-22-26(23(2,3)4,24(5,6)7)25(8,9)10/h11-17,20H,18H2,1-10H3/b17-16-. The molecule has 1 atom stereocenters. The summed E-state index contributed by atoms with van der Waals surface area (Å²) < 4.78 is 12.7. The molecule has 0 aromatic heterocycles. The fraction of sp³-hybridized carbons (Fsp3) is 0.600. The first-order valence-electron chi connectivity index (χ1n) is 9.67. The normalized spacial score (nSPS) is 15.3. The fourth-order valence-corrected chi connectivity index (χ4v) is 98.1. The van der Waals surface area contributed by atoms with Crippen molar-refractivity contribution in [2.24, 2.45) is 0 Å². The maximum absolute atomic E-state index is 6.96. The van der Waals surface area contributed by atoms with Crippen LogP contribution in [0.2, 0.25) is 58.9 Å². The van der Waals surface area contributed by atoms with E-state index in [9.17, 15) is 0 Å². The first kappa shape index (κ1) is 23.6. The van der Waals surface area contributed by atoms with Crippen LogP contribution in [-0.2, 0) is 15.6 Å². The van der Waals surface area contributed by atoms with Gasteiger partial charge in [0.2, 0.25) is 6.87 Å².